The van der Waals surface area contributed by atoms with Crippen LogP contribution in [0.1, 0.15) is 19.3 Å². The fourth-order valence-electron chi connectivity index (χ4n) is 4.46. The van der Waals surface area contributed by atoms with Gasteiger partial charge < -0.3 is 14.8 Å². The minimum atomic E-state index is 0.236. The molecule has 3 aliphatic heterocycles. The van der Waals surface area contributed by atoms with E-state index in [9.17, 15) is 0 Å². The van der Waals surface area contributed by atoms with Gasteiger partial charge >= 0.3 is 0 Å². The monoisotopic (exact) mass is 302 g/mol. The van der Waals surface area contributed by atoms with Crippen LogP contribution in [0.15, 0.2) is 35.6 Å². The maximum Gasteiger partial charge on any atom is 0.0911 e. The molecule has 5 atom stereocenters. The first kappa shape index (κ1) is 14.5. The molecule has 0 bridgehead atoms. The molecule has 1 aliphatic carbocycles. The van der Waals surface area contributed by atoms with Crippen molar-refractivity contribution in [3.05, 3.63) is 35.6 Å². The molecule has 4 heteroatoms. The van der Waals surface area contributed by atoms with Gasteiger partial charge in [0.15, 0.2) is 0 Å². The topological polar surface area (TPSA) is 42.5 Å². The highest BCUT2D eigenvalue weighted by Gasteiger charge is 2.40. The van der Waals surface area contributed by atoms with Crippen LogP contribution in [0, 0.1) is 17.8 Å². The van der Waals surface area contributed by atoms with Gasteiger partial charge in [-0.3, -0.25) is 5.32 Å². The van der Waals surface area contributed by atoms with E-state index in [1.54, 1.807) is 0 Å². The normalized spacial score (nSPS) is 40.9. The number of methoxy groups -OCH3 is 1. The lowest BCUT2D eigenvalue weighted by atomic mass is 9.78. The summed E-state index contributed by atoms with van der Waals surface area (Å²) in [6, 6.07) is 0. The summed E-state index contributed by atoms with van der Waals surface area (Å²) in [7, 11) is 1.83. The molecule has 5 unspecified atom stereocenters. The first-order chi connectivity index (χ1) is 10.9. The molecular formula is C18H26N2O2. The van der Waals surface area contributed by atoms with E-state index in [1.165, 1.54) is 17.6 Å². The molecule has 4 aliphatic rings. The average molecular weight is 302 g/mol. The molecule has 1 fully saturated rings. The third kappa shape index (κ3) is 2.53. The zero-order valence-corrected chi connectivity index (χ0v) is 13.3. The van der Waals surface area contributed by atoms with Crippen LogP contribution in [0.25, 0.3) is 0 Å². The molecule has 0 aromatic heterocycles. The van der Waals surface area contributed by atoms with Crippen molar-refractivity contribution >= 4 is 0 Å². The first-order valence-corrected chi connectivity index (χ1v) is 8.54. The van der Waals surface area contributed by atoms with Gasteiger partial charge in [-0.05, 0) is 18.4 Å². The molecule has 3 heterocycles. The molecule has 4 nitrogen and oxygen atoms in total. The Hall–Kier alpha value is -1.10. The lowest BCUT2D eigenvalue weighted by Gasteiger charge is -2.35. The lowest BCUT2D eigenvalue weighted by Crippen LogP contribution is -2.47. The van der Waals surface area contributed by atoms with Gasteiger partial charge in [-0.2, -0.15) is 0 Å². The standard InChI is InChI=1S/C18H26N2O2/c1-21-17-5-3-2-4-14(17)13-8-15-16(12-6-7-22-11-12)10-20-18(15)19-9-13/h3,5,8,11,14-20H,2,4,6-7,9-10H2,1H3. The Morgan fingerprint density at radius 3 is 3.00 bits per heavy atom. The molecule has 0 spiro atoms. The third-order valence-electron chi connectivity index (χ3n) is 5.67. The number of rotatable bonds is 3. The number of hydrogen-bond acceptors (Lipinski definition) is 4. The molecule has 0 aromatic rings. The van der Waals surface area contributed by atoms with Crippen LogP contribution in [0.4, 0.5) is 0 Å². The summed E-state index contributed by atoms with van der Waals surface area (Å²) >= 11 is 0. The average Bonchev–Trinajstić information content (AvgIpc) is 3.23. The van der Waals surface area contributed by atoms with E-state index in [1.807, 2.05) is 13.4 Å². The fourth-order valence-corrected chi connectivity index (χ4v) is 4.46. The summed E-state index contributed by atoms with van der Waals surface area (Å²) in [5.41, 5.74) is 3.01. The van der Waals surface area contributed by atoms with E-state index in [0.29, 0.717) is 23.9 Å². The van der Waals surface area contributed by atoms with Crippen molar-refractivity contribution < 1.29 is 9.47 Å². The predicted molar refractivity (Wildman–Crippen MR) is 86.2 cm³/mol. The number of ether oxygens (including phenoxy) is 2. The van der Waals surface area contributed by atoms with Gasteiger partial charge in [0.05, 0.1) is 25.1 Å². The number of hydrogen-bond donors (Lipinski definition) is 2. The fraction of sp³-hybridized carbons (Fsp3) is 0.667. The van der Waals surface area contributed by atoms with Crippen LogP contribution >= 0.6 is 0 Å². The predicted octanol–water partition coefficient (Wildman–Crippen LogP) is 1.96. The molecule has 1 saturated heterocycles. The second-order valence-electron chi connectivity index (χ2n) is 6.82. The number of nitrogens with one attached hydrogen (secondary N) is 2. The minimum absolute atomic E-state index is 0.236. The Kier molecular flexibility index (Phi) is 4.07. The molecule has 22 heavy (non-hydrogen) atoms. The molecule has 0 saturated carbocycles. The van der Waals surface area contributed by atoms with Crippen molar-refractivity contribution in [2.75, 3.05) is 26.8 Å². The van der Waals surface area contributed by atoms with Crippen molar-refractivity contribution in [2.24, 2.45) is 17.8 Å². The van der Waals surface area contributed by atoms with E-state index in [0.717, 1.165) is 32.5 Å². The van der Waals surface area contributed by atoms with Crippen molar-refractivity contribution in [3.63, 3.8) is 0 Å². The Balaban J connectivity index is 1.56. The zero-order chi connectivity index (χ0) is 14.9. The second kappa shape index (κ2) is 6.19. The van der Waals surface area contributed by atoms with Gasteiger partial charge in [-0.1, -0.05) is 23.8 Å². The highest BCUT2D eigenvalue weighted by atomic mass is 16.5. The number of fused-ring (bicyclic) bond motifs is 1. The maximum absolute atomic E-state index is 5.69. The molecule has 4 rings (SSSR count). The Morgan fingerprint density at radius 2 is 2.18 bits per heavy atom. The summed E-state index contributed by atoms with van der Waals surface area (Å²) in [5.74, 6) is 1.65. The summed E-state index contributed by atoms with van der Waals surface area (Å²) in [4.78, 5) is 0. The van der Waals surface area contributed by atoms with Crippen LogP contribution in [-0.4, -0.2) is 39.1 Å². The summed E-state index contributed by atoms with van der Waals surface area (Å²) in [6.07, 6.45) is 13.1. The van der Waals surface area contributed by atoms with E-state index in [4.69, 9.17) is 9.47 Å². The van der Waals surface area contributed by atoms with Crippen LogP contribution in [-0.2, 0) is 9.47 Å². The first-order valence-electron chi connectivity index (χ1n) is 8.54. The van der Waals surface area contributed by atoms with E-state index in [-0.39, 0.29) is 6.10 Å². The van der Waals surface area contributed by atoms with Crippen LogP contribution in [0.5, 0.6) is 0 Å². The Bertz CT molecular complexity index is 511. The SMILES string of the molecule is COC1C=CCCC1C1=CC2C(NC1)NCC2C1=COCC1. The largest absolute Gasteiger partial charge is 0.501 e. The van der Waals surface area contributed by atoms with Gasteiger partial charge in [-0.15, -0.1) is 0 Å². The molecule has 0 radical (unpaired) electrons. The number of allylic oxidation sites excluding steroid dienone is 1. The van der Waals surface area contributed by atoms with E-state index < -0.39 is 0 Å². The van der Waals surface area contributed by atoms with Gasteiger partial charge in [-0.25, -0.2) is 0 Å². The van der Waals surface area contributed by atoms with Crippen molar-refractivity contribution in [1.29, 1.82) is 0 Å². The van der Waals surface area contributed by atoms with E-state index in [2.05, 4.69) is 28.9 Å². The van der Waals surface area contributed by atoms with Crippen LogP contribution in [0.3, 0.4) is 0 Å². The smallest absolute Gasteiger partial charge is 0.0911 e. The quantitative estimate of drug-likeness (QED) is 0.782. The van der Waals surface area contributed by atoms with E-state index >= 15 is 0 Å². The molecular weight excluding hydrogens is 276 g/mol. The van der Waals surface area contributed by atoms with Gasteiger partial charge in [0.2, 0.25) is 0 Å². The van der Waals surface area contributed by atoms with Crippen molar-refractivity contribution in [3.8, 4) is 0 Å². The lowest BCUT2D eigenvalue weighted by molar-refractivity contribution is 0.0926. The van der Waals surface area contributed by atoms with Gasteiger partial charge in [0, 0.05) is 44.4 Å². The van der Waals surface area contributed by atoms with Crippen molar-refractivity contribution in [1.82, 2.24) is 10.6 Å². The second-order valence-corrected chi connectivity index (χ2v) is 6.82. The highest BCUT2D eigenvalue weighted by Crippen LogP contribution is 2.38. The van der Waals surface area contributed by atoms with Gasteiger partial charge in [0.1, 0.15) is 0 Å². The summed E-state index contributed by atoms with van der Waals surface area (Å²) < 4.78 is 11.2. The minimum Gasteiger partial charge on any atom is -0.501 e. The van der Waals surface area contributed by atoms with Crippen LogP contribution in [0.2, 0.25) is 0 Å². The maximum atomic E-state index is 5.69. The summed E-state index contributed by atoms with van der Waals surface area (Å²) in [5, 5.41) is 7.34. The Morgan fingerprint density at radius 1 is 1.23 bits per heavy atom. The molecule has 0 amide bonds. The summed E-state index contributed by atoms with van der Waals surface area (Å²) in [6.45, 7) is 2.89. The third-order valence-corrected chi connectivity index (χ3v) is 5.67. The van der Waals surface area contributed by atoms with Crippen molar-refractivity contribution in [2.45, 2.75) is 31.5 Å². The molecule has 2 N–H and O–H groups in total. The Labute approximate surface area is 132 Å². The molecule has 0 aromatic carbocycles. The molecule has 120 valence electrons. The van der Waals surface area contributed by atoms with Gasteiger partial charge in [0.25, 0.3) is 0 Å². The highest BCUT2D eigenvalue weighted by molar-refractivity contribution is 5.26. The zero-order valence-electron chi connectivity index (χ0n) is 13.3. The van der Waals surface area contributed by atoms with Crippen LogP contribution < -0.4 is 10.6 Å².